The highest BCUT2D eigenvalue weighted by Crippen LogP contribution is 2.29. The van der Waals surface area contributed by atoms with Crippen LogP contribution in [-0.2, 0) is 12.6 Å². The van der Waals surface area contributed by atoms with Gasteiger partial charge in [-0.25, -0.2) is 0 Å². The van der Waals surface area contributed by atoms with E-state index in [-0.39, 0.29) is 0 Å². The summed E-state index contributed by atoms with van der Waals surface area (Å²) in [6, 6.07) is 5.54. The van der Waals surface area contributed by atoms with Gasteiger partial charge in [-0.3, -0.25) is 0 Å². The van der Waals surface area contributed by atoms with Crippen LogP contribution in [0.1, 0.15) is 24.0 Å². The van der Waals surface area contributed by atoms with Crippen molar-refractivity contribution < 1.29 is 13.2 Å². The number of halogens is 4. The van der Waals surface area contributed by atoms with Crippen molar-refractivity contribution in [2.75, 3.05) is 5.33 Å². The van der Waals surface area contributed by atoms with Crippen LogP contribution >= 0.6 is 15.9 Å². The maximum absolute atomic E-state index is 12.3. The number of rotatable bonds is 4. The zero-order valence-corrected chi connectivity index (χ0v) is 9.74. The molecule has 0 spiro atoms. The zero-order valence-electron chi connectivity index (χ0n) is 8.15. The number of unbranched alkanes of at least 4 members (excludes halogenated alkanes) is 1. The fourth-order valence-corrected chi connectivity index (χ4v) is 1.72. The molecule has 84 valence electrons. The van der Waals surface area contributed by atoms with E-state index in [1.54, 1.807) is 6.07 Å². The first-order chi connectivity index (χ1) is 7.04. The van der Waals surface area contributed by atoms with E-state index in [0.717, 1.165) is 29.8 Å². The van der Waals surface area contributed by atoms with E-state index in [9.17, 15) is 13.2 Å². The molecule has 1 rings (SSSR count). The Morgan fingerprint density at radius 3 is 2.47 bits per heavy atom. The Hall–Kier alpha value is -0.510. The lowest BCUT2D eigenvalue weighted by atomic mass is 10.1. The summed E-state index contributed by atoms with van der Waals surface area (Å²) in [7, 11) is 0. The van der Waals surface area contributed by atoms with Gasteiger partial charge in [0.05, 0.1) is 5.56 Å². The quantitative estimate of drug-likeness (QED) is 0.566. The van der Waals surface area contributed by atoms with Crippen LogP contribution in [0.25, 0.3) is 0 Å². The van der Waals surface area contributed by atoms with Crippen molar-refractivity contribution in [3.63, 3.8) is 0 Å². The Labute approximate surface area is 95.6 Å². The topological polar surface area (TPSA) is 0 Å². The molecule has 0 bridgehead atoms. The van der Waals surface area contributed by atoms with Gasteiger partial charge in [-0.15, -0.1) is 0 Å². The maximum Gasteiger partial charge on any atom is 0.416 e. The average molecular weight is 281 g/mol. The number of hydrogen-bond acceptors (Lipinski definition) is 0. The molecule has 0 heterocycles. The molecule has 0 aromatic heterocycles. The monoisotopic (exact) mass is 280 g/mol. The van der Waals surface area contributed by atoms with Crippen LogP contribution in [-0.4, -0.2) is 5.33 Å². The van der Waals surface area contributed by atoms with Crippen molar-refractivity contribution >= 4 is 15.9 Å². The highest BCUT2D eigenvalue weighted by Gasteiger charge is 2.30. The molecule has 0 aliphatic carbocycles. The molecule has 15 heavy (non-hydrogen) atoms. The molecule has 4 heteroatoms. The summed E-state index contributed by atoms with van der Waals surface area (Å²) < 4.78 is 37.0. The van der Waals surface area contributed by atoms with Gasteiger partial charge in [0.15, 0.2) is 0 Å². The fourth-order valence-electron chi connectivity index (χ4n) is 1.33. The summed E-state index contributed by atoms with van der Waals surface area (Å²) >= 11 is 3.29. The van der Waals surface area contributed by atoms with Crippen LogP contribution < -0.4 is 0 Å². The normalized spacial score (nSPS) is 11.7. The molecular formula is C11H12BrF3. The van der Waals surface area contributed by atoms with Crippen LogP contribution in [0, 0.1) is 0 Å². The minimum absolute atomic E-state index is 0.557. The van der Waals surface area contributed by atoms with Crippen molar-refractivity contribution in [1.82, 2.24) is 0 Å². The third-order valence-electron chi connectivity index (χ3n) is 2.10. The molecule has 1 aromatic carbocycles. The molecule has 0 aliphatic rings. The highest BCUT2D eigenvalue weighted by molar-refractivity contribution is 9.09. The van der Waals surface area contributed by atoms with E-state index in [2.05, 4.69) is 15.9 Å². The average Bonchev–Trinajstić information content (AvgIpc) is 2.17. The summed E-state index contributed by atoms with van der Waals surface area (Å²) in [5, 5.41) is 0.895. The molecule has 0 saturated carbocycles. The Morgan fingerprint density at radius 2 is 1.87 bits per heavy atom. The van der Waals surface area contributed by atoms with Gasteiger partial charge in [-0.2, -0.15) is 13.2 Å². The summed E-state index contributed by atoms with van der Waals surface area (Å²) in [4.78, 5) is 0. The van der Waals surface area contributed by atoms with Crippen LogP contribution in [0.4, 0.5) is 13.2 Å². The third kappa shape index (κ3) is 4.24. The van der Waals surface area contributed by atoms with E-state index in [1.807, 2.05) is 0 Å². The Balaban J connectivity index is 2.66. The zero-order chi connectivity index (χ0) is 11.3. The molecule has 0 radical (unpaired) electrons. The van der Waals surface area contributed by atoms with Crippen LogP contribution in [0.3, 0.4) is 0 Å². The Morgan fingerprint density at radius 1 is 1.13 bits per heavy atom. The molecule has 0 aliphatic heterocycles. The summed E-state index contributed by atoms with van der Waals surface area (Å²) in [5.41, 5.74) is 0.199. The maximum atomic E-state index is 12.3. The van der Waals surface area contributed by atoms with E-state index in [0.29, 0.717) is 6.42 Å². The lowest BCUT2D eigenvalue weighted by Gasteiger charge is -2.08. The van der Waals surface area contributed by atoms with Crippen molar-refractivity contribution in [1.29, 1.82) is 0 Å². The molecule has 0 fully saturated rings. The highest BCUT2D eigenvalue weighted by atomic mass is 79.9. The molecule has 0 saturated heterocycles. The van der Waals surface area contributed by atoms with E-state index in [1.165, 1.54) is 12.1 Å². The second kappa shape index (κ2) is 5.54. The van der Waals surface area contributed by atoms with Crippen LogP contribution in [0.15, 0.2) is 24.3 Å². The molecule has 0 unspecified atom stereocenters. The van der Waals surface area contributed by atoms with E-state index in [4.69, 9.17) is 0 Å². The second-order valence-electron chi connectivity index (χ2n) is 3.34. The lowest BCUT2D eigenvalue weighted by molar-refractivity contribution is -0.137. The van der Waals surface area contributed by atoms with Gasteiger partial charge >= 0.3 is 6.18 Å². The second-order valence-corrected chi connectivity index (χ2v) is 4.14. The van der Waals surface area contributed by atoms with E-state index >= 15 is 0 Å². The SMILES string of the molecule is FC(F)(F)c1cccc(CCCCBr)c1. The summed E-state index contributed by atoms with van der Waals surface area (Å²) in [6.45, 7) is 0. The van der Waals surface area contributed by atoms with Gasteiger partial charge in [0.2, 0.25) is 0 Å². The van der Waals surface area contributed by atoms with Gasteiger partial charge in [-0.05, 0) is 30.9 Å². The van der Waals surface area contributed by atoms with Gasteiger partial charge in [-0.1, -0.05) is 34.1 Å². The van der Waals surface area contributed by atoms with Gasteiger partial charge in [0.1, 0.15) is 0 Å². The minimum atomic E-state index is -4.23. The molecule has 0 atom stereocenters. The number of benzene rings is 1. The molecule has 1 aromatic rings. The Kier molecular flexibility index (Phi) is 4.64. The van der Waals surface area contributed by atoms with Gasteiger partial charge < -0.3 is 0 Å². The first-order valence-corrected chi connectivity index (χ1v) is 5.88. The first-order valence-electron chi connectivity index (χ1n) is 4.76. The van der Waals surface area contributed by atoms with Crippen molar-refractivity contribution in [3.05, 3.63) is 35.4 Å². The molecule has 0 amide bonds. The fraction of sp³-hybridized carbons (Fsp3) is 0.455. The molecular weight excluding hydrogens is 269 g/mol. The Bertz CT molecular complexity index is 307. The molecule has 0 N–H and O–H groups in total. The summed E-state index contributed by atoms with van der Waals surface area (Å²) in [6.07, 6.45) is -1.64. The smallest absolute Gasteiger partial charge is 0.166 e. The number of alkyl halides is 4. The van der Waals surface area contributed by atoms with Crippen molar-refractivity contribution in [2.24, 2.45) is 0 Å². The van der Waals surface area contributed by atoms with Crippen LogP contribution in [0.2, 0.25) is 0 Å². The largest absolute Gasteiger partial charge is 0.416 e. The molecule has 0 nitrogen and oxygen atoms in total. The van der Waals surface area contributed by atoms with Crippen molar-refractivity contribution in [3.8, 4) is 0 Å². The van der Waals surface area contributed by atoms with Crippen LogP contribution in [0.5, 0.6) is 0 Å². The van der Waals surface area contributed by atoms with E-state index < -0.39 is 11.7 Å². The standard InChI is InChI=1S/C11H12BrF3/c12-7-2-1-4-9-5-3-6-10(8-9)11(13,14)15/h3,5-6,8H,1-2,4,7H2. The lowest BCUT2D eigenvalue weighted by Crippen LogP contribution is -2.05. The predicted octanol–water partition coefficient (Wildman–Crippen LogP) is 4.42. The van der Waals surface area contributed by atoms with Crippen molar-refractivity contribution in [2.45, 2.75) is 25.4 Å². The minimum Gasteiger partial charge on any atom is -0.166 e. The number of aryl methyl sites for hydroxylation is 1. The predicted molar refractivity (Wildman–Crippen MR) is 58.2 cm³/mol. The number of hydrogen-bond donors (Lipinski definition) is 0. The summed E-state index contributed by atoms with van der Waals surface area (Å²) in [5.74, 6) is 0. The van der Waals surface area contributed by atoms with Gasteiger partial charge in [0.25, 0.3) is 0 Å². The van der Waals surface area contributed by atoms with Gasteiger partial charge in [0, 0.05) is 5.33 Å². The first kappa shape index (κ1) is 12.6. The third-order valence-corrected chi connectivity index (χ3v) is 2.66.